The lowest BCUT2D eigenvalue weighted by atomic mass is 9.95. The number of unbranched alkanes of at least 4 members (excludes halogenated alkanes) is 2. The highest BCUT2D eigenvalue weighted by atomic mass is 16.5. The highest BCUT2D eigenvalue weighted by molar-refractivity contribution is 6.46. The summed E-state index contributed by atoms with van der Waals surface area (Å²) in [6.07, 6.45) is 9.58. The van der Waals surface area contributed by atoms with Crippen molar-refractivity contribution >= 4 is 17.4 Å². The van der Waals surface area contributed by atoms with Gasteiger partial charge in [-0.2, -0.15) is 0 Å². The van der Waals surface area contributed by atoms with Crippen molar-refractivity contribution < 1.29 is 19.4 Å². The van der Waals surface area contributed by atoms with Crippen LogP contribution < -0.4 is 4.74 Å². The number of pyridine rings is 2. The highest BCUT2D eigenvalue weighted by Gasteiger charge is 2.46. The molecule has 1 aromatic carbocycles. The lowest BCUT2D eigenvalue weighted by Gasteiger charge is -2.25. The molecule has 174 valence electrons. The van der Waals surface area contributed by atoms with Gasteiger partial charge in [-0.05, 0) is 47.9 Å². The molecule has 1 fully saturated rings. The normalized spacial score (nSPS) is 17.2. The molecule has 3 aromatic rings. The molecule has 1 amide bonds. The SMILES string of the molecule is CCCCCOc1ccc(C2C(=C(O)c3ccncc3)C(=O)C(=O)N2Cc2cccnc2)cc1. The van der Waals surface area contributed by atoms with Gasteiger partial charge in [-0.25, -0.2) is 0 Å². The van der Waals surface area contributed by atoms with Crippen molar-refractivity contribution in [2.24, 2.45) is 0 Å². The molecule has 0 aliphatic carbocycles. The standard InChI is InChI=1S/C27H27N3O4/c1-2-3-4-16-34-22-9-7-20(8-10-22)24-23(25(31)21-11-14-28-15-12-21)26(32)27(33)30(24)18-19-6-5-13-29-17-19/h5-15,17,24,31H,2-4,16,18H2,1H3. The third kappa shape index (κ3) is 4.98. The predicted octanol–water partition coefficient (Wildman–Crippen LogP) is 4.67. The zero-order chi connectivity index (χ0) is 23.9. The second-order valence-electron chi connectivity index (χ2n) is 8.15. The summed E-state index contributed by atoms with van der Waals surface area (Å²) in [5, 5.41) is 11.1. The molecule has 1 aliphatic heterocycles. The fourth-order valence-corrected chi connectivity index (χ4v) is 4.03. The van der Waals surface area contributed by atoms with Gasteiger partial charge in [0, 0.05) is 36.9 Å². The van der Waals surface area contributed by atoms with Crippen LogP contribution in [0.1, 0.15) is 48.9 Å². The number of Topliss-reactive ketones (excluding diaryl/α,β-unsaturated/α-hetero) is 1. The smallest absolute Gasteiger partial charge is 0.295 e. The number of hydrogen-bond donors (Lipinski definition) is 1. The number of likely N-dealkylation sites (tertiary alicyclic amines) is 1. The molecule has 2 aromatic heterocycles. The Morgan fingerprint density at radius 1 is 1.00 bits per heavy atom. The van der Waals surface area contributed by atoms with Crippen LogP contribution in [0.3, 0.4) is 0 Å². The topological polar surface area (TPSA) is 92.6 Å². The second kappa shape index (κ2) is 10.7. The average molecular weight is 458 g/mol. The summed E-state index contributed by atoms with van der Waals surface area (Å²) in [6.45, 7) is 2.96. The fourth-order valence-electron chi connectivity index (χ4n) is 4.03. The molecular formula is C27H27N3O4. The number of rotatable bonds is 9. The molecule has 1 N–H and O–H groups in total. The molecule has 0 spiro atoms. The number of aliphatic hydroxyl groups excluding tert-OH is 1. The van der Waals surface area contributed by atoms with Gasteiger partial charge in [0.15, 0.2) is 0 Å². The molecule has 4 rings (SSSR count). The van der Waals surface area contributed by atoms with Crippen LogP contribution in [0, 0.1) is 0 Å². The van der Waals surface area contributed by atoms with Gasteiger partial charge in [-0.3, -0.25) is 19.6 Å². The Balaban J connectivity index is 1.71. The number of hydrogen-bond acceptors (Lipinski definition) is 6. The first-order chi connectivity index (χ1) is 16.6. The van der Waals surface area contributed by atoms with E-state index in [1.807, 2.05) is 30.3 Å². The lowest BCUT2D eigenvalue weighted by Crippen LogP contribution is -2.29. The van der Waals surface area contributed by atoms with E-state index in [-0.39, 0.29) is 17.9 Å². The van der Waals surface area contributed by atoms with Crippen molar-refractivity contribution in [3.63, 3.8) is 0 Å². The van der Waals surface area contributed by atoms with E-state index in [4.69, 9.17) is 4.74 Å². The second-order valence-corrected chi connectivity index (χ2v) is 8.15. The van der Waals surface area contributed by atoms with Crippen molar-refractivity contribution in [3.05, 3.63) is 95.6 Å². The van der Waals surface area contributed by atoms with Gasteiger partial charge >= 0.3 is 0 Å². The molecule has 3 heterocycles. The van der Waals surface area contributed by atoms with E-state index in [1.165, 1.54) is 17.3 Å². The molecular weight excluding hydrogens is 430 g/mol. The Morgan fingerprint density at radius 2 is 1.76 bits per heavy atom. The maximum atomic E-state index is 13.1. The Kier molecular flexibility index (Phi) is 7.32. The number of ether oxygens (including phenoxy) is 1. The van der Waals surface area contributed by atoms with Gasteiger partial charge in [0.25, 0.3) is 11.7 Å². The molecule has 1 atom stereocenters. The number of carbonyl (C=O) groups is 2. The maximum absolute atomic E-state index is 13.1. The van der Waals surface area contributed by atoms with E-state index in [0.29, 0.717) is 17.7 Å². The van der Waals surface area contributed by atoms with E-state index < -0.39 is 17.7 Å². The van der Waals surface area contributed by atoms with E-state index in [0.717, 1.165) is 30.6 Å². The number of nitrogens with zero attached hydrogens (tertiary/aromatic N) is 3. The zero-order valence-electron chi connectivity index (χ0n) is 19.1. The Labute approximate surface area is 198 Å². The summed E-state index contributed by atoms with van der Waals surface area (Å²) < 4.78 is 5.81. The van der Waals surface area contributed by atoms with Crippen LogP contribution in [0.2, 0.25) is 0 Å². The van der Waals surface area contributed by atoms with Crippen LogP contribution in [0.4, 0.5) is 0 Å². The predicted molar refractivity (Wildman–Crippen MR) is 128 cm³/mol. The van der Waals surface area contributed by atoms with Gasteiger partial charge in [0.2, 0.25) is 0 Å². The molecule has 1 aliphatic rings. The Hall–Kier alpha value is -4.00. The van der Waals surface area contributed by atoms with Gasteiger partial charge in [-0.1, -0.05) is 38.0 Å². The molecule has 7 heteroatoms. The molecule has 0 saturated carbocycles. The molecule has 34 heavy (non-hydrogen) atoms. The Morgan fingerprint density at radius 3 is 2.44 bits per heavy atom. The van der Waals surface area contributed by atoms with Crippen molar-refractivity contribution in [1.29, 1.82) is 0 Å². The first kappa shape index (κ1) is 23.2. The van der Waals surface area contributed by atoms with Crippen molar-refractivity contribution in [2.75, 3.05) is 6.61 Å². The number of carbonyl (C=O) groups excluding carboxylic acids is 2. The number of aliphatic hydroxyl groups is 1. The quantitative estimate of drug-likeness (QED) is 0.217. The summed E-state index contributed by atoms with van der Waals surface area (Å²) in [7, 11) is 0. The van der Waals surface area contributed by atoms with Crippen LogP contribution in [-0.2, 0) is 16.1 Å². The number of benzene rings is 1. The molecule has 0 bridgehead atoms. The monoisotopic (exact) mass is 457 g/mol. The van der Waals surface area contributed by atoms with Gasteiger partial charge in [-0.15, -0.1) is 0 Å². The van der Waals surface area contributed by atoms with Crippen LogP contribution in [0.5, 0.6) is 5.75 Å². The summed E-state index contributed by atoms with van der Waals surface area (Å²) in [4.78, 5) is 35.7. The van der Waals surface area contributed by atoms with Crippen molar-refractivity contribution in [2.45, 2.75) is 38.8 Å². The molecule has 1 saturated heterocycles. The summed E-state index contributed by atoms with van der Waals surface area (Å²) >= 11 is 0. The van der Waals surface area contributed by atoms with Crippen LogP contribution in [-0.4, -0.2) is 38.3 Å². The minimum absolute atomic E-state index is 0.0525. The van der Waals surface area contributed by atoms with E-state index in [2.05, 4.69) is 16.9 Å². The van der Waals surface area contributed by atoms with Crippen molar-refractivity contribution in [3.8, 4) is 5.75 Å². The zero-order valence-corrected chi connectivity index (χ0v) is 19.1. The summed E-state index contributed by atoms with van der Waals surface area (Å²) in [5.41, 5.74) is 1.97. The van der Waals surface area contributed by atoms with E-state index in [1.54, 1.807) is 30.6 Å². The van der Waals surface area contributed by atoms with Crippen LogP contribution >= 0.6 is 0 Å². The summed E-state index contributed by atoms with van der Waals surface area (Å²) in [5.74, 6) is -0.884. The highest BCUT2D eigenvalue weighted by Crippen LogP contribution is 2.40. The first-order valence-electron chi connectivity index (χ1n) is 11.4. The van der Waals surface area contributed by atoms with Crippen LogP contribution in [0.25, 0.3) is 5.76 Å². The van der Waals surface area contributed by atoms with Gasteiger partial charge < -0.3 is 14.7 Å². The summed E-state index contributed by atoms with van der Waals surface area (Å²) in [6, 6.07) is 13.4. The fraction of sp³-hybridized carbons (Fsp3) is 0.259. The first-order valence-corrected chi connectivity index (χ1v) is 11.4. The minimum atomic E-state index is -0.748. The minimum Gasteiger partial charge on any atom is -0.507 e. The third-order valence-corrected chi connectivity index (χ3v) is 5.78. The van der Waals surface area contributed by atoms with E-state index in [9.17, 15) is 14.7 Å². The van der Waals surface area contributed by atoms with Crippen molar-refractivity contribution in [1.82, 2.24) is 14.9 Å². The molecule has 1 unspecified atom stereocenters. The lowest BCUT2D eigenvalue weighted by molar-refractivity contribution is -0.140. The number of ketones is 1. The molecule has 0 radical (unpaired) electrons. The number of aromatic nitrogens is 2. The molecule has 7 nitrogen and oxygen atoms in total. The van der Waals surface area contributed by atoms with Gasteiger partial charge in [0.05, 0.1) is 18.2 Å². The average Bonchev–Trinajstić information content (AvgIpc) is 3.12. The maximum Gasteiger partial charge on any atom is 0.295 e. The van der Waals surface area contributed by atoms with Crippen LogP contribution in [0.15, 0.2) is 78.9 Å². The number of amides is 1. The largest absolute Gasteiger partial charge is 0.507 e. The Bertz CT molecular complexity index is 1160. The van der Waals surface area contributed by atoms with Gasteiger partial charge in [0.1, 0.15) is 11.5 Å². The van der Waals surface area contributed by atoms with E-state index >= 15 is 0 Å². The third-order valence-electron chi connectivity index (χ3n) is 5.78.